The highest BCUT2D eigenvalue weighted by molar-refractivity contribution is 8.33. The molecule has 1 aromatic heterocycles. The molecule has 1 rings (SSSR count). The van der Waals surface area contributed by atoms with Crippen LogP contribution in [0.25, 0.3) is 0 Å². The monoisotopic (exact) mass is 795 g/mol. The van der Waals surface area contributed by atoms with Gasteiger partial charge in [0.2, 0.25) is 5.91 Å². The maximum atomic E-state index is 12.1. The van der Waals surface area contributed by atoms with E-state index in [1.807, 2.05) is 6.92 Å². The van der Waals surface area contributed by atoms with Gasteiger partial charge in [0.1, 0.15) is 24.1 Å². The summed E-state index contributed by atoms with van der Waals surface area (Å²) in [6.07, 6.45) is 16.4. The van der Waals surface area contributed by atoms with Gasteiger partial charge in [0.25, 0.3) is 5.91 Å². The molecule has 0 aliphatic carbocycles. The van der Waals surface area contributed by atoms with E-state index in [0.29, 0.717) is 16.4 Å². The third-order valence-electron chi connectivity index (χ3n) is 7.98. The second-order valence-corrected chi connectivity index (χ2v) is 20.5. The first-order valence-corrected chi connectivity index (χ1v) is 22.9. The molecule has 0 radical (unpaired) electrons. The summed E-state index contributed by atoms with van der Waals surface area (Å²) in [4.78, 5) is 60.2. The number of nitrogens with zero attached hydrogens (tertiary/aromatic N) is 1. The molecule has 0 saturated carbocycles. The van der Waals surface area contributed by atoms with E-state index in [9.17, 15) is 24.0 Å². The number of ketones is 1. The van der Waals surface area contributed by atoms with Crippen LogP contribution >= 0.6 is 34.0 Å². The molecule has 0 aromatic carbocycles. The van der Waals surface area contributed by atoms with Crippen LogP contribution in [0.3, 0.4) is 0 Å². The van der Waals surface area contributed by atoms with Crippen molar-refractivity contribution in [1.29, 1.82) is 0 Å². The second-order valence-electron chi connectivity index (χ2n) is 14.3. The Balaban J connectivity index is -0.000000321. The predicted octanol–water partition coefficient (Wildman–Crippen LogP) is 8.70. The Bertz CT molecular complexity index is 1090. The molecule has 2 atom stereocenters. The van der Waals surface area contributed by atoms with Crippen LogP contribution in [0, 0.1) is 11.8 Å². The van der Waals surface area contributed by atoms with Gasteiger partial charge in [-0.3, -0.25) is 24.0 Å². The minimum Gasteiger partial charge on any atom is -0.469 e. The van der Waals surface area contributed by atoms with Gasteiger partial charge in [-0.15, -0.1) is 11.3 Å². The quantitative estimate of drug-likeness (QED) is 0.112. The van der Waals surface area contributed by atoms with Crippen LogP contribution in [0.15, 0.2) is 5.38 Å². The van der Waals surface area contributed by atoms with Gasteiger partial charge in [-0.05, 0) is 61.5 Å². The molecule has 0 fully saturated rings. The number of carbonyl (C=O) groups excluding carboxylic acids is 5. The van der Waals surface area contributed by atoms with Crippen molar-refractivity contribution in [2.75, 3.05) is 45.3 Å². The van der Waals surface area contributed by atoms with Crippen LogP contribution in [0.1, 0.15) is 143 Å². The number of ether oxygens (including phenoxy) is 2. The van der Waals surface area contributed by atoms with Crippen molar-refractivity contribution < 1.29 is 33.4 Å². The van der Waals surface area contributed by atoms with Gasteiger partial charge in [-0.1, -0.05) is 88.5 Å². The third kappa shape index (κ3) is 32.5. The molecule has 1 aromatic rings. The number of esters is 2. The van der Waals surface area contributed by atoms with Crippen LogP contribution in [0.5, 0.6) is 0 Å². The highest BCUT2D eigenvalue weighted by atomic mass is 32.3. The van der Waals surface area contributed by atoms with E-state index in [2.05, 4.69) is 119 Å². The number of carbonyl (C=O) groups is 5. The number of thiazole rings is 1. The smallest absolute Gasteiger partial charge is 0.325 e. The lowest BCUT2D eigenvalue weighted by Crippen LogP contribution is -2.49. The van der Waals surface area contributed by atoms with E-state index >= 15 is 0 Å². The molecular formula is C39H77N3O7S3. The first-order chi connectivity index (χ1) is 24.1. The van der Waals surface area contributed by atoms with Gasteiger partial charge < -0.3 is 20.1 Å². The third-order valence-corrected chi connectivity index (χ3v) is 12.9. The van der Waals surface area contributed by atoms with E-state index in [1.54, 1.807) is 5.38 Å². The number of aryl methyl sites for hydroxylation is 1. The van der Waals surface area contributed by atoms with E-state index in [4.69, 9.17) is 0 Å². The molecule has 2 amide bonds. The van der Waals surface area contributed by atoms with Crippen molar-refractivity contribution in [2.45, 2.75) is 145 Å². The van der Waals surface area contributed by atoms with Crippen LogP contribution in [0.4, 0.5) is 0 Å². The van der Waals surface area contributed by atoms with E-state index < -0.39 is 23.8 Å². The summed E-state index contributed by atoms with van der Waals surface area (Å²) in [5, 5.41) is 7.45. The molecule has 0 saturated heterocycles. The molecule has 52 heavy (non-hydrogen) atoms. The maximum absolute atomic E-state index is 12.1. The number of methoxy groups -OCH3 is 2. The SMILES string of the molecule is CC(C)(C)S(C)(C)C.CCC(C)C.CCCCC(CC)C(=O)CCC.CCCc1nc(C(=O)NC(CS)C(=O)NCC(=O)OC)cs1.COC(C)=O. The molecule has 0 bridgehead atoms. The zero-order valence-corrected chi connectivity index (χ0v) is 38.2. The summed E-state index contributed by atoms with van der Waals surface area (Å²) in [6.45, 7) is 23.1. The summed E-state index contributed by atoms with van der Waals surface area (Å²) in [5.41, 5.74) is 0.279. The Labute approximate surface area is 329 Å². The normalized spacial score (nSPS) is 12.0. The van der Waals surface area contributed by atoms with Crippen LogP contribution in [-0.4, -0.2) is 90.6 Å². The van der Waals surface area contributed by atoms with Crippen LogP contribution in [0.2, 0.25) is 0 Å². The fourth-order valence-electron chi connectivity index (χ4n) is 3.02. The summed E-state index contributed by atoms with van der Waals surface area (Å²) >= 11 is 5.45. The van der Waals surface area contributed by atoms with Gasteiger partial charge in [0, 0.05) is 30.4 Å². The lowest BCUT2D eigenvalue weighted by Gasteiger charge is -2.40. The summed E-state index contributed by atoms with van der Waals surface area (Å²) in [5.74, 6) is 0.0633. The van der Waals surface area contributed by atoms with Gasteiger partial charge in [0.15, 0.2) is 0 Å². The van der Waals surface area contributed by atoms with Crippen molar-refractivity contribution in [3.8, 4) is 0 Å². The number of thiol groups is 1. The standard InChI is InChI=1S/C13H19N3O4S2.C11H22O.C7H18S.C5H12.C3H6O2/c1-3-4-10-15-9(7-22-10)13(19)16-8(6-21)12(18)14-5-11(17)20-2;1-4-7-9-10(6-3)11(12)8-5-2;1-7(2,3)8(4,5)6;1-4-5(2)3;1-3(4)5-2/h7-8,21H,3-6H2,1-2H3,(H,14,18)(H,16,19);10H,4-9H2,1-3H3;1-6H3;5H,4H2,1-3H3;1-2H3. The first-order valence-electron chi connectivity index (χ1n) is 18.5. The minimum atomic E-state index is -0.850. The van der Waals surface area contributed by atoms with Crippen molar-refractivity contribution in [3.05, 3.63) is 16.1 Å². The number of unbranched alkanes of at least 4 members (excludes halogenated alkanes) is 1. The molecular weight excluding hydrogens is 719 g/mol. The number of amides is 2. The molecule has 2 N–H and O–H groups in total. The topological polar surface area (TPSA) is 141 Å². The number of rotatable bonds is 16. The van der Waals surface area contributed by atoms with Crippen LogP contribution in [-0.2, 0) is 35.1 Å². The zero-order chi connectivity index (χ0) is 41.5. The highest BCUT2D eigenvalue weighted by Gasteiger charge is 2.23. The van der Waals surface area contributed by atoms with Gasteiger partial charge in [-0.25, -0.2) is 15.0 Å². The lowest BCUT2D eigenvalue weighted by atomic mass is 9.92. The molecule has 0 spiro atoms. The van der Waals surface area contributed by atoms with Gasteiger partial charge in [0.05, 0.1) is 19.2 Å². The number of nitrogens with one attached hydrogen (secondary N) is 2. The van der Waals surface area contributed by atoms with E-state index in [1.165, 1.54) is 51.7 Å². The van der Waals surface area contributed by atoms with E-state index in [-0.39, 0.29) is 34.0 Å². The zero-order valence-electron chi connectivity index (χ0n) is 35.7. The lowest BCUT2D eigenvalue weighted by molar-refractivity contribution is -0.141. The fraction of sp³-hybridized carbons (Fsp3) is 0.795. The Morgan fingerprint density at radius 2 is 1.44 bits per heavy atom. The van der Waals surface area contributed by atoms with Crippen molar-refractivity contribution in [1.82, 2.24) is 15.6 Å². The minimum absolute atomic E-state index is 0.102. The molecule has 10 nitrogen and oxygen atoms in total. The molecule has 1 heterocycles. The van der Waals surface area contributed by atoms with Crippen molar-refractivity contribution in [3.63, 3.8) is 0 Å². The molecule has 0 aliphatic rings. The average molecular weight is 796 g/mol. The molecule has 13 heteroatoms. The second kappa shape index (κ2) is 33.4. The predicted molar refractivity (Wildman–Crippen MR) is 227 cm³/mol. The fourth-order valence-corrected chi connectivity index (χ4v) is 4.16. The van der Waals surface area contributed by atoms with Crippen molar-refractivity contribution >= 4 is 63.5 Å². The summed E-state index contributed by atoms with van der Waals surface area (Å²) < 4.78 is 9.05. The molecule has 2 unspecified atom stereocenters. The Kier molecular flexibility index (Phi) is 36.4. The number of hydrogen-bond donors (Lipinski definition) is 3. The first kappa shape index (κ1) is 56.6. The number of aromatic nitrogens is 1. The number of Topliss-reactive ketones (excluding diaryl/α,β-unsaturated/α-hetero) is 1. The average Bonchev–Trinajstić information content (AvgIpc) is 3.55. The Morgan fingerprint density at radius 3 is 1.79 bits per heavy atom. The molecule has 0 aliphatic heterocycles. The molecule has 308 valence electrons. The summed E-state index contributed by atoms with van der Waals surface area (Å²) in [6, 6.07) is -0.850. The highest BCUT2D eigenvalue weighted by Crippen LogP contribution is 2.48. The van der Waals surface area contributed by atoms with E-state index in [0.717, 1.165) is 49.5 Å². The maximum Gasteiger partial charge on any atom is 0.325 e. The largest absolute Gasteiger partial charge is 0.469 e. The van der Waals surface area contributed by atoms with Crippen LogP contribution < -0.4 is 10.6 Å². The Hall–Kier alpha value is -2.12. The Morgan fingerprint density at radius 1 is 0.923 bits per heavy atom. The summed E-state index contributed by atoms with van der Waals surface area (Å²) in [7, 11) is 2.23. The number of hydrogen-bond acceptors (Lipinski definition) is 10. The van der Waals surface area contributed by atoms with Gasteiger partial charge in [-0.2, -0.15) is 12.6 Å². The van der Waals surface area contributed by atoms with Crippen molar-refractivity contribution in [2.24, 2.45) is 11.8 Å². The van der Waals surface area contributed by atoms with Gasteiger partial charge >= 0.3 is 11.9 Å².